The van der Waals surface area contributed by atoms with Crippen LogP contribution in [0.4, 0.5) is 13.2 Å². The highest BCUT2D eigenvalue weighted by Crippen LogP contribution is 2.51. The maximum atomic E-state index is 13.9. The summed E-state index contributed by atoms with van der Waals surface area (Å²) >= 11 is 12.4. The van der Waals surface area contributed by atoms with E-state index < -0.39 is 35.0 Å². The smallest absolute Gasteiger partial charge is 0.350 e. The van der Waals surface area contributed by atoms with Crippen LogP contribution in [-0.2, 0) is 27.6 Å². The predicted octanol–water partition coefficient (Wildman–Crippen LogP) is 5.29. The Labute approximate surface area is 230 Å². The second kappa shape index (κ2) is 10.4. The molecule has 0 spiro atoms. The molecule has 4 aliphatic rings. The molecule has 0 radical (unpaired) electrons. The molecule has 4 fully saturated rings. The summed E-state index contributed by atoms with van der Waals surface area (Å²) in [7, 11) is 0. The summed E-state index contributed by atoms with van der Waals surface area (Å²) in [5.74, 6) is -0.562. The molecule has 2 aromatic carbocycles. The second-order valence-corrected chi connectivity index (χ2v) is 11.7. The lowest BCUT2D eigenvalue weighted by atomic mass is 9.84. The molecule has 3 heterocycles. The number of aryl methyl sites for hydroxylation is 1. The molecule has 3 saturated heterocycles. The average Bonchev–Trinajstić information content (AvgIpc) is 3.66. The van der Waals surface area contributed by atoms with E-state index in [4.69, 9.17) is 23.2 Å². The normalized spacial score (nSPS) is 24.5. The number of piperidine rings is 3. The van der Waals surface area contributed by atoms with Crippen LogP contribution in [0, 0.1) is 12.8 Å². The number of hydrogen-bond donors (Lipinski definition) is 2. The van der Waals surface area contributed by atoms with Gasteiger partial charge in [0.2, 0.25) is 11.8 Å². The Morgan fingerprint density at radius 2 is 1.82 bits per heavy atom. The zero-order valence-electron chi connectivity index (χ0n) is 21.0. The summed E-state index contributed by atoms with van der Waals surface area (Å²) in [5, 5.41) is 6.65. The Bertz CT molecular complexity index is 1240. The number of carbonyl (C=O) groups is 2. The maximum absolute atomic E-state index is 13.9. The zero-order valence-corrected chi connectivity index (χ0v) is 22.5. The fourth-order valence-corrected chi connectivity index (χ4v) is 6.48. The Balaban J connectivity index is 1.42. The van der Waals surface area contributed by atoms with E-state index in [9.17, 15) is 22.8 Å². The summed E-state index contributed by atoms with van der Waals surface area (Å²) < 4.78 is 41.7. The van der Waals surface area contributed by atoms with Gasteiger partial charge in [0.15, 0.2) is 0 Å². The first-order valence-corrected chi connectivity index (χ1v) is 13.7. The molecule has 204 valence electrons. The van der Waals surface area contributed by atoms with E-state index in [-0.39, 0.29) is 18.0 Å². The quantitative estimate of drug-likeness (QED) is 0.478. The third-order valence-electron chi connectivity index (χ3n) is 8.23. The largest absolute Gasteiger partial charge is 0.416 e. The molecule has 6 rings (SSSR count). The minimum Gasteiger partial charge on any atom is -0.350 e. The minimum atomic E-state index is -4.59. The highest BCUT2D eigenvalue weighted by atomic mass is 35.5. The van der Waals surface area contributed by atoms with Gasteiger partial charge in [0.25, 0.3) is 0 Å². The van der Waals surface area contributed by atoms with Crippen LogP contribution in [0.3, 0.4) is 0 Å². The number of carbonyl (C=O) groups excluding carboxylic acids is 2. The molecule has 38 heavy (non-hydrogen) atoms. The lowest BCUT2D eigenvalue weighted by Crippen LogP contribution is -2.60. The lowest BCUT2D eigenvalue weighted by molar-refractivity contribution is -0.138. The zero-order chi connectivity index (χ0) is 27.2. The van der Waals surface area contributed by atoms with E-state index in [1.807, 2.05) is 0 Å². The number of alkyl halides is 3. The number of nitrogens with one attached hydrogen (secondary N) is 2. The van der Waals surface area contributed by atoms with Gasteiger partial charge < -0.3 is 15.5 Å². The summed E-state index contributed by atoms with van der Waals surface area (Å²) in [6, 6.07) is 7.69. The van der Waals surface area contributed by atoms with Gasteiger partial charge in [0.05, 0.1) is 11.0 Å². The van der Waals surface area contributed by atoms with E-state index in [1.165, 1.54) is 6.07 Å². The number of rotatable bonds is 7. The third kappa shape index (κ3) is 5.54. The molecular weight excluding hydrogens is 538 g/mol. The van der Waals surface area contributed by atoms with Crippen LogP contribution in [-0.4, -0.2) is 48.4 Å². The second-order valence-electron chi connectivity index (χ2n) is 10.8. The van der Waals surface area contributed by atoms with Crippen molar-refractivity contribution in [2.75, 3.05) is 19.6 Å². The predicted molar refractivity (Wildman–Crippen MR) is 140 cm³/mol. The first-order valence-electron chi connectivity index (χ1n) is 12.9. The van der Waals surface area contributed by atoms with Crippen LogP contribution in [0.25, 0.3) is 0 Å². The average molecular weight is 568 g/mol. The van der Waals surface area contributed by atoms with Crippen molar-refractivity contribution >= 4 is 35.0 Å². The SMILES string of the molecule is Cc1ccc(CC(NC(=O)C2(c3ccc(Cl)cc3Cl)CC2)C(=O)NC2CN3CCC2CC3)c(C(F)(F)F)c1. The summed E-state index contributed by atoms with van der Waals surface area (Å²) in [6.45, 7) is 4.27. The number of nitrogens with zero attached hydrogens (tertiary/aromatic N) is 1. The van der Waals surface area contributed by atoms with Crippen LogP contribution in [0.2, 0.25) is 10.0 Å². The van der Waals surface area contributed by atoms with Gasteiger partial charge in [-0.15, -0.1) is 0 Å². The molecule has 2 aromatic rings. The van der Waals surface area contributed by atoms with Gasteiger partial charge >= 0.3 is 6.18 Å². The van der Waals surface area contributed by atoms with Crippen molar-refractivity contribution in [2.45, 2.75) is 62.7 Å². The molecule has 1 saturated carbocycles. The van der Waals surface area contributed by atoms with Gasteiger partial charge in [-0.2, -0.15) is 13.2 Å². The molecule has 2 N–H and O–H groups in total. The molecule has 10 heteroatoms. The van der Waals surface area contributed by atoms with Gasteiger partial charge in [-0.25, -0.2) is 0 Å². The highest BCUT2D eigenvalue weighted by molar-refractivity contribution is 6.35. The molecule has 1 aliphatic carbocycles. The maximum Gasteiger partial charge on any atom is 0.416 e. The van der Waals surface area contributed by atoms with Gasteiger partial charge in [-0.3, -0.25) is 9.59 Å². The number of halogens is 5. The van der Waals surface area contributed by atoms with Crippen molar-refractivity contribution in [3.63, 3.8) is 0 Å². The van der Waals surface area contributed by atoms with Crippen molar-refractivity contribution in [3.05, 3.63) is 68.7 Å². The minimum absolute atomic E-state index is 0.0353. The highest BCUT2D eigenvalue weighted by Gasteiger charge is 2.53. The van der Waals surface area contributed by atoms with E-state index in [2.05, 4.69) is 15.5 Å². The van der Waals surface area contributed by atoms with Crippen molar-refractivity contribution in [1.29, 1.82) is 0 Å². The summed E-state index contributed by atoms with van der Waals surface area (Å²) in [6.07, 6.45) is -1.89. The Hall–Kier alpha value is -2.29. The Kier molecular flexibility index (Phi) is 7.44. The monoisotopic (exact) mass is 567 g/mol. The first-order chi connectivity index (χ1) is 18.0. The number of hydrogen-bond acceptors (Lipinski definition) is 3. The molecule has 2 unspecified atom stereocenters. The van der Waals surface area contributed by atoms with Gasteiger partial charge in [-0.05, 0) is 80.9 Å². The molecule has 3 aliphatic heterocycles. The number of benzene rings is 2. The van der Waals surface area contributed by atoms with E-state index in [0.29, 0.717) is 46.5 Å². The molecule has 0 aromatic heterocycles. The third-order valence-corrected chi connectivity index (χ3v) is 8.78. The molecule has 5 nitrogen and oxygen atoms in total. The first kappa shape index (κ1) is 27.3. The summed E-state index contributed by atoms with van der Waals surface area (Å²) in [5.41, 5.74) is -0.701. The van der Waals surface area contributed by atoms with Crippen LogP contribution < -0.4 is 10.6 Å². The lowest BCUT2D eigenvalue weighted by Gasteiger charge is -2.45. The topological polar surface area (TPSA) is 61.4 Å². The van der Waals surface area contributed by atoms with Crippen LogP contribution in [0.15, 0.2) is 36.4 Å². The van der Waals surface area contributed by atoms with Crippen LogP contribution in [0.1, 0.15) is 47.9 Å². The summed E-state index contributed by atoms with van der Waals surface area (Å²) in [4.78, 5) is 29.5. The molecular formula is C28H30Cl2F3N3O2. The fourth-order valence-electron chi connectivity index (χ4n) is 5.89. The van der Waals surface area contributed by atoms with Crippen molar-refractivity contribution in [3.8, 4) is 0 Å². The Morgan fingerprint density at radius 1 is 1.11 bits per heavy atom. The van der Waals surface area contributed by atoms with Gasteiger partial charge in [-0.1, -0.05) is 47.0 Å². The van der Waals surface area contributed by atoms with Crippen molar-refractivity contribution < 1.29 is 22.8 Å². The molecule has 2 atom stereocenters. The Morgan fingerprint density at radius 3 is 2.39 bits per heavy atom. The van der Waals surface area contributed by atoms with E-state index in [1.54, 1.807) is 31.2 Å². The van der Waals surface area contributed by atoms with E-state index in [0.717, 1.165) is 32.0 Å². The van der Waals surface area contributed by atoms with Crippen LogP contribution in [0.5, 0.6) is 0 Å². The molecule has 2 bridgehead atoms. The van der Waals surface area contributed by atoms with Gasteiger partial charge in [0, 0.05) is 29.1 Å². The molecule has 2 amide bonds. The van der Waals surface area contributed by atoms with Crippen molar-refractivity contribution in [2.24, 2.45) is 5.92 Å². The van der Waals surface area contributed by atoms with Crippen LogP contribution >= 0.6 is 23.2 Å². The van der Waals surface area contributed by atoms with Gasteiger partial charge in [0.1, 0.15) is 6.04 Å². The standard InChI is InChI=1S/C28H30Cl2F3N3O2/c1-16-2-3-18(21(12-16)28(31,32)33)13-23(25(37)34-24-15-36-10-6-17(24)7-11-36)35-26(38)27(8-9-27)20-5-4-19(29)14-22(20)30/h2-5,12,14,17,23-24H,6-11,13,15H2,1H3,(H,34,37)(H,35,38). The number of fused-ring (bicyclic) bond motifs is 3. The van der Waals surface area contributed by atoms with E-state index >= 15 is 0 Å². The van der Waals surface area contributed by atoms with Crippen molar-refractivity contribution in [1.82, 2.24) is 15.5 Å². The number of amides is 2. The fraction of sp³-hybridized carbons (Fsp3) is 0.500.